The number of nitrogens with zero attached hydrogens (tertiary/aromatic N) is 2. The normalized spacial score (nSPS) is 18.6. The van der Waals surface area contributed by atoms with E-state index in [0.717, 1.165) is 39.3 Å². The van der Waals surface area contributed by atoms with Gasteiger partial charge in [0, 0.05) is 45.1 Å². The number of alkyl halides is 1. The molecule has 1 aliphatic heterocycles. The molecular formula is C11H21ClN2O2. The summed E-state index contributed by atoms with van der Waals surface area (Å²) in [6, 6.07) is 0. The fourth-order valence-corrected chi connectivity index (χ4v) is 2.08. The Morgan fingerprint density at radius 2 is 1.75 bits per heavy atom. The van der Waals surface area contributed by atoms with Gasteiger partial charge in [-0.2, -0.15) is 0 Å². The first-order valence-electron chi connectivity index (χ1n) is 5.92. The van der Waals surface area contributed by atoms with Crippen LogP contribution < -0.4 is 0 Å². The number of carbonyl (C=O) groups is 1. The van der Waals surface area contributed by atoms with Crippen LogP contribution >= 0.6 is 11.6 Å². The number of piperazine rings is 1. The van der Waals surface area contributed by atoms with Crippen molar-refractivity contribution >= 4 is 17.6 Å². The molecule has 0 aromatic carbocycles. The molecule has 0 spiro atoms. The van der Waals surface area contributed by atoms with E-state index < -0.39 is 0 Å². The van der Waals surface area contributed by atoms with Gasteiger partial charge in [-0.1, -0.05) is 0 Å². The van der Waals surface area contributed by atoms with E-state index in [1.807, 2.05) is 6.92 Å². The van der Waals surface area contributed by atoms with Crippen LogP contribution in [-0.4, -0.2) is 67.5 Å². The molecular weight excluding hydrogens is 228 g/mol. The van der Waals surface area contributed by atoms with Crippen LogP contribution in [0.15, 0.2) is 0 Å². The molecule has 1 rings (SSSR count). The molecule has 0 bridgehead atoms. The number of rotatable bonds is 6. The number of esters is 1. The van der Waals surface area contributed by atoms with Gasteiger partial charge < -0.3 is 9.64 Å². The lowest BCUT2D eigenvalue weighted by Crippen LogP contribution is -2.47. The van der Waals surface area contributed by atoms with E-state index in [1.54, 1.807) is 0 Å². The van der Waals surface area contributed by atoms with Crippen LogP contribution in [0.3, 0.4) is 0 Å². The van der Waals surface area contributed by atoms with Crippen LogP contribution in [0.25, 0.3) is 0 Å². The molecule has 4 nitrogen and oxygen atoms in total. The minimum Gasteiger partial charge on any atom is -0.466 e. The van der Waals surface area contributed by atoms with Crippen LogP contribution in [0, 0.1) is 0 Å². The molecule has 0 aromatic rings. The Labute approximate surface area is 102 Å². The summed E-state index contributed by atoms with van der Waals surface area (Å²) in [6.07, 6.45) is 0.503. The summed E-state index contributed by atoms with van der Waals surface area (Å²) in [7, 11) is 0. The van der Waals surface area contributed by atoms with Crippen molar-refractivity contribution < 1.29 is 9.53 Å². The predicted molar refractivity (Wildman–Crippen MR) is 64.9 cm³/mol. The van der Waals surface area contributed by atoms with Crippen LogP contribution in [0.2, 0.25) is 0 Å². The smallest absolute Gasteiger partial charge is 0.307 e. The summed E-state index contributed by atoms with van der Waals surface area (Å²) in [5.41, 5.74) is 0. The van der Waals surface area contributed by atoms with Gasteiger partial charge in [0.15, 0.2) is 0 Å². The molecule has 0 unspecified atom stereocenters. The molecule has 0 radical (unpaired) electrons. The van der Waals surface area contributed by atoms with Crippen molar-refractivity contribution in [2.75, 3.05) is 51.8 Å². The Bertz CT molecular complexity index is 206. The van der Waals surface area contributed by atoms with Crippen molar-refractivity contribution in [2.24, 2.45) is 0 Å². The monoisotopic (exact) mass is 248 g/mol. The molecule has 16 heavy (non-hydrogen) atoms. The number of halogens is 1. The third-order valence-corrected chi connectivity index (χ3v) is 2.97. The fourth-order valence-electron chi connectivity index (χ4n) is 1.84. The molecule has 0 atom stereocenters. The molecule has 1 heterocycles. The molecule has 0 saturated carbocycles. The quantitative estimate of drug-likeness (QED) is 0.514. The summed E-state index contributed by atoms with van der Waals surface area (Å²) < 4.78 is 4.90. The van der Waals surface area contributed by atoms with E-state index in [-0.39, 0.29) is 5.97 Å². The highest BCUT2D eigenvalue weighted by atomic mass is 35.5. The Balaban J connectivity index is 2.10. The van der Waals surface area contributed by atoms with Crippen molar-refractivity contribution in [2.45, 2.75) is 13.3 Å². The second kappa shape index (κ2) is 7.87. The summed E-state index contributed by atoms with van der Waals surface area (Å²) >= 11 is 5.69. The zero-order chi connectivity index (χ0) is 11.8. The number of ether oxygens (including phenoxy) is 1. The largest absolute Gasteiger partial charge is 0.466 e. The standard InChI is InChI=1S/C11H21ClN2O2/c1-2-16-11(15)3-5-13-7-9-14(6-4-12)10-8-13/h2-10H2,1H3. The van der Waals surface area contributed by atoms with Gasteiger partial charge in [0.25, 0.3) is 0 Å². The van der Waals surface area contributed by atoms with Gasteiger partial charge in [-0.05, 0) is 6.92 Å². The van der Waals surface area contributed by atoms with E-state index >= 15 is 0 Å². The second-order valence-electron chi connectivity index (χ2n) is 3.93. The molecule has 1 aliphatic rings. The zero-order valence-electron chi connectivity index (χ0n) is 9.95. The van der Waals surface area contributed by atoms with Crippen molar-refractivity contribution in [3.63, 3.8) is 0 Å². The maximum Gasteiger partial charge on any atom is 0.307 e. The minimum atomic E-state index is -0.0920. The molecule has 1 saturated heterocycles. The van der Waals surface area contributed by atoms with Crippen LogP contribution in [-0.2, 0) is 9.53 Å². The van der Waals surface area contributed by atoms with Gasteiger partial charge in [-0.25, -0.2) is 0 Å². The fraction of sp³-hybridized carbons (Fsp3) is 0.909. The third kappa shape index (κ3) is 5.14. The van der Waals surface area contributed by atoms with Gasteiger partial charge in [0.1, 0.15) is 0 Å². The molecule has 0 aromatic heterocycles. The first-order valence-corrected chi connectivity index (χ1v) is 6.46. The summed E-state index contributed by atoms with van der Waals surface area (Å²) in [6.45, 7) is 8.24. The van der Waals surface area contributed by atoms with Crippen molar-refractivity contribution in [1.29, 1.82) is 0 Å². The van der Waals surface area contributed by atoms with Gasteiger partial charge in [-0.15, -0.1) is 11.6 Å². The van der Waals surface area contributed by atoms with E-state index in [1.165, 1.54) is 0 Å². The van der Waals surface area contributed by atoms with Crippen molar-refractivity contribution in [1.82, 2.24) is 9.80 Å². The number of hydrogen-bond acceptors (Lipinski definition) is 4. The topological polar surface area (TPSA) is 32.8 Å². The number of carbonyl (C=O) groups excluding carboxylic acids is 1. The molecule has 0 aliphatic carbocycles. The third-order valence-electron chi connectivity index (χ3n) is 2.80. The summed E-state index contributed by atoms with van der Waals surface area (Å²) in [4.78, 5) is 15.8. The first kappa shape index (κ1) is 13.7. The van der Waals surface area contributed by atoms with E-state index in [9.17, 15) is 4.79 Å². The maximum atomic E-state index is 11.2. The maximum absolute atomic E-state index is 11.2. The summed E-state index contributed by atoms with van der Waals surface area (Å²) in [5.74, 6) is 0.605. The Morgan fingerprint density at radius 3 is 2.25 bits per heavy atom. The lowest BCUT2D eigenvalue weighted by Gasteiger charge is -2.34. The van der Waals surface area contributed by atoms with E-state index in [0.29, 0.717) is 18.9 Å². The predicted octanol–water partition coefficient (Wildman–Crippen LogP) is 0.796. The SMILES string of the molecule is CCOC(=O)CCN1CCN(CCCl)CC1. The number of hydrogen-bond donors (Lipinski definition) is 0. The van der Waals surface area contributed by atoms with Gasteiger partial charge in [0.05, 0.1) is 13.0 Å². The lowest BCUT2D eigenvalue weighted by atomic mass is 10.3. The van der Waals surface area contributed by atoms with Gasteiger partial charge in [0.2, 0.25) is 0 Å². The molecule has 94 valence electrons. The second-order valence-corrected chi connectivity index (χ2v) is 4.31. The molecule has 0 N–H and O–H groups in total. The molecule has 1 fully saturated rings. The Kier molecular flexibility index (Phi) is 6.76. The minimum absolute atomic E-state index is 0.0920. The van der Waals surface area contributed by atoms with Crippen molar-refractivity contribution in [3.05, 3.63) is 0 Å². The summed E-state index contributed by atoms with van der Waals surface area (Å²) in [5, 5.41) is 0. The van der Waals surface area contributed by atoms with E-state index in [2.05, 4.69) is 9.80 Å². The Hall–Kier alpha value is -0.320. The van der Waals surface area contributed by atoms with Crippen LogP contribution in [0.1, 0.15) is 13.3 Å². The highest BCUT2D eigenvalue weighted by molar-refractivity contribution is 6.18. The zero-order valence-corrected chi connectivity index (χ0v) is 10.7. The first-order chi connectivity index (χ1) is 7.76. The van der Waals surface area contributed by atoms with Crippen LogP contribution in [0.4, 0.5) is 0 Å². The van der Waals surface area contributed by atoms with Crippen molar-refractivity contribution in [3.8, 4) is 0 Å². The average Bonchev–Trinajstić information content (AvgIpc) is 2.29. The van der Waals surface area contributed by atoms with Gasteiger partial charge in [-0.3, -0.25) is 9.69 Å². The van der Waals surface area contributed by atoms with Gasteiger partial charge >= 0.3 is 5.97 Å². The van der Waals surface area contributed by atoms with E-state index in [4.69, 9.17) is 16.3 Å². The molecule has 5 heteroatoms. The Morgan fingerprint density at radius 1 is 1.19 bits per heavy atom. The van der Waals surface area contributed by atoms with Crippen LogP contribution in [0.5, 0.6) is 0 Å². The molecule has 0 amide bonds. The lowest BCUT2D eigenvalue weighted by molar-refractivity contribution is -0.143. The average molecular weight is 249 g/mol. The highest BCUT2D eigenvalue weighted by Crippen LogP contribution is 2.03. The highest BCUT2D eigenvalue weighted by Gasteiger charge is 2.16.